The van der Waals surface area contributed by atoms with E-state index in [0.717, 1.165) is 0 Å². The third-order valence-electron chi connectivity index (χ3n) is 1.32. The van der Waals surface area contributed by atoms with E-state index >= 15 is 0 Å². The van der Waals surface area contributed by atoms with Crippen LogP contribution in [0.25, 0.3) is 0 Å². The average Bonchev–Trinajstić information content (AvgIpc) is 2.21. The van der Waals surface area contributed by atoms with Crippen molar-refractivity contribution < 1.29 is 14.2 Å². The van der Waals surface area contributed by atoms with Crippen LogP contribution in [0.3, 0.4) is 0 Å². The number of hydrogen-bond acceptors (Lipinski definition) is 4. The fraction of sp³-hybridized carbons (Fsp3) is 0.889. The van der Waals surface area contributed by atoms with E-state index in [4.69, 9.17) is 31.1 Å². The molecule has 0 fully saturated rings. The fourth-order valence-corrected chi connectivity index (χ4v) is 0.823. The molecule has 0 aromatic heterocycles. The number of rotatable bonds is 10. The van der Waals surface area contributed by atoms with Crippen LogP contribution >= 0.6 is 11.6 Å². The summed E-state index contributed by atoms with van der Waals surface area (Å²) in [5, 5.41) is 8.20. The lowest BCUT2D eigenvalue weighted by atomic mass is 10.5. The smallest absolute Gasteiger partial charge is 0.0701 e. The Labute approximate surface area is 89.7 Å². The first-order valence-corrected chi connectivity index (χ1v) is 5.11. The predicted octanol–water partition coefficient (Wildman–Crippen LogP) is 1.19. The van der Waals surface area contributed by atoms with Crippen molar-refractivity contribution in [1.82, 2.24) is 0 Å². The summed E-state index contributed by atoms with van der Waals surface area (Å²) in [5.74, 6) is 0.511. The van der Waals surface area contributed by atoms with Gasteiger partial charge in [-0.15, -0.1) is 11.6 Å². The first-order chi connectivity index (χ1) is 6.91. The molecule has 0 aliphatic carbocycles. The van der Waals surface area contributed by atoms with Gasteiger partial charge >= 0.3 is 0 Å². The minimum Gasteiger partial charge on any atom is -0.378 e. The molecule has 5 heteroatoms. The van der Waals surface area contributed by atoms with Gasteiger partial charge in [-0.1, -0.05) is 0 Å². The van der Waals surface area contributed by atoms with Gasteiger partial charge in [0.25, 0.3) is 0 Å². The Morgan fingerprint density at radius 2 is 1.36 bits per heavy atom. The monoisotopic (exact) mass is 221 g/mol. The third-order valence-corrected chi connectivity index (χ3v) is 1.48. The molecule has 0 aliphatic heterocycles. The molecule has 0 saturated heterocycles. The molecule has 0 bridgehead atoms. The summed E-state index contributed by atoms with van der Waals surface area (Å²) in [6.07, 6.45) is 0.429. The molecule has 0 unspecified atom stereocenters. The number of ether oxygens (including phenoxy) is 3. The van der Waals surface area contributed by atoms with Gasteiger partial charge in [0.15, 0.2) is 0 Å². The Morgan fingerprint density at radius 1 is 0.857 bits per heavy atom. The molecule has 0 radical (unpaired) electrons. The molecule has 0 N–H and O–H groups in total. The van der Waals surface area contributed by atoms with Gasteiger partial charge in [0.2, 0.25) is 0 Å². The van der Waals surface area contributed by atoms with Crippen LogP contribution in [-0.2, 0) is 14.2 Å². The summed E-state index contributed by atoms with van der Waals surface area (Å²) in [6.45, 7) is 3.21. The Hall–Kier alpha value is -0.340. The highest BCUT2D eigenvalue weighted by molar-refractivity contribution is 6.17. The lowest BCUT2D eigenvalue weighted by Gasteiger charge is -2.04. The molecular weight excluding hydrogens is 206 g/mol. The van der Waals surface area contributed by atoms with Gasteiger partial charge in [0, 0.05) is 5.88 Å². The van der Waals surface area contributed by atoms with Crippen molar-refractivity contribution in [3.8, 4) is 6.07 Å². The molecule has 0 rings (SSSR count). The van der Waals surface area contributed by atoms with E-state index < -0.39 is 0 Å². The van der Waals surface area contributed by atoms with Crippen LogP contribution in [0.15, 0.2) is 0 Å². The second kappa shape index (κ2) is 12.7. The van der Waals surface area contributed by atoms with Crippen molar-refractivity contribution in [3.05, 3.63) is 0 Å². The largest absolute Gasteiger partial charge is 0.378 e. The van der Waals surface area contributed by atoms with E-state index in [9.17, 15) is 0 Å². The second-order valence-corrected chi connectivity index (χ2v) is 2.81. The summed E-state index contributed by atoms with van der Waals surface area (Å²) in [4.78, 5) is 0. The molecule has 82 valence electrons. The van der Waals surface area contributed by atoms with Gasteiger partial charge < -0.3 is 14.2 Å². The fourth-order valence-electron chi connectivity index (χ4n) is 0.714. The summed E-state index contributed by atoms with van der Waals surface area (Å²) in [7, 11) is 0. The number of alkyl halides is 1. The number of nitriles is 1. The van der Waals surface area contributed by atoms with Crippen molar-refractivity contribution in [3.63, 3.8) is 0 Å². The minimum atomic E-state index is 0.429. The maximum Gasteiger partial charge on any atom is 0.0701 e. The second-order valence-electron chi connectivity index (χ2n) is 2.43. The van der Waals surface area contributed by atoms with E-state index in [1.54, 1.807) is 0 Å². The number of nitrogens with zero attached hydrogens (tertiary/aromatic N) is 1. The van der Waals surface area contributed by atoms with Crippen LogP contribution in [0, 0.1) is 11.3 Å². The highest BCUT2D eigenvalue weighted by Gasteiger charge is 1.90. The molecule has 0 heterocycles. The van der Waals surface area contributed by atoms with Crippen LogP contribution in [0.1, 0.15) is 6.42 Å². The van der Waals surface area contributed by atoms with Crippen LogP contribution in [0.2, 0.25) is 0 Å². The van der Waals surface area contributed by atoms with Crippen LogP contribution in [0.4, 0.5) is 0 Å². The van der Waals surface area contributed by atoms with E-state index in [2.05, 4.69) is 0 Å². The first kappa shape index (κ1) is 13.7. The molecule has 0 aromatic carbocycles. The molecule has 4 nitrogen and oxygen atoms in total. The van der Waals surface area contributed by atoms with Gasteiger partial charge in [-0.05, 0) is 0 Å². The van der Waals surface area contributed by atoms with Crippen LogP contribution < -0.4 is 0 Å². The summed E-state index contributed by atoms with van der Waals surface area (Å²) >= 11 is 5.40. The van der Waals surface area contributed by atoms with Crippen molar-refractivity contribution >= 4 is 11.6 Å². The number of halogens is 1. The first-order valence-electron chi connectivity index (χ1n) is 4.58. The van der Waals surface area contributed by atoms with Gasteiger partial charge in [0.1, 0.15) is 0 Å². The molecule has 0 amide bonds. The Kier molecular flexibility index (Phi) is 12.4. The quantitative estimate of drug-likeness (QED) is 0.411. The van der Waals surface area contributed by atoms with Gasteiger partial charge in [-0.25, -0.2) is 0 Å². The molecule has 0 saturated carbocycles. The maximum absolute atomic E-state index is 8.20. The average molecular weight is 222 g/mol. The SMILES string of the molecule is N#CCCOCCOCCOCCCl. The van der Waals surface area contributed by atoms with E-state index in [1.807, 2.05) is 6.07 Å². The summed E-state index contributed by atoms with van der Waals surface area (Å²) in [5.41, 5.74) is 0. The van der Waals surface area contributed by atoms with Crippen LogP contribution in [0.5, 0.6) is 0 Å². The zero-order chi connectivity index (χ0) is 10.5. The molecular formula is C9H16ClNO3. The third kappa shape index (κ3) is 11.7. The van der Waals surface area contributed by atoms with E-state index in [1.165, 1.54) is 0 Å². The zero-order valence-corrected chi connectivity index (χ0v) is 8.96. The standard InChI is InChI=1S/C9H16ClNO3/c10-2-5-13-7-9-14-8-6-12-4-1-3-11/h1-2,4-9H2. The van der Waals surface area contributed by atoms with E-state index in [-0.39, 0.29) is 0 Å². The summed E-state index contributed by atoms with van der Waals surface area (Å²) in [6, 6.07) is 1.99. The number of hydrogen-bond donors (Lipinski definition) is 0. The lowest BCUT2D eigenvalue weighted by Crippen LogP contribution is -2.10. The molecule has 0 aromatic rings. The molecule has 14 heavy (non-hydrogen) atoms. The molecule has 0 aliphatic rings. The normalized spacial score (nSPS) is 10.0. The molecule has 0 atom stereocenters. The highest BCUT2D eigenvalue weighted by atomic mass is 35.5. The van der Waals surface area contributed by atoms with Gasteiger partial charge in [0.05, 0.1) is 52.1 Å². The molecule has 0 spiro atoms. The van der Waals surface area contributed by atoms with Gasteiger partial charge in [-0.3, -0.25) is 0 Å². The van der Waals surface area contributed by atoms with Crippen molar-refractivity contribution in [2.75, 3.05) is 45.5 Å². The Balaban J connectivity index is 2.82. The van der Waals surface area contributed by atoms with Gasteiger partial charge in [-0.2, -0.15) is 5.26 Å². The topological polar surface area (TPSA) is 51.5 Å². The summed E-state index contributed by atoms with van der Waals surface area (Å²) < 4.78 is 15.4. The highest BCUT2D eigenvalue weighted by Crippen LogP contribution is 1.83. The Morgan fingerprint density at radius 3 is 1.86 bits per heavy atom. The Bertz CT molecular complexity index is 149. The zero-order valence-electron chi connectivity index (χ0n) is 8.21. The van der Waals surface area contributed by atoms with E-state index in [0.29, 0.717) is 51.9 Å². The lowest BCUT2D eigenvalue weighted by molar-refractivity contribution is 0.0183. The predicted molar refractivity (Wildman–Crippen MR) is 53.4 cm³/mol. The van der Waals surface area contributed by atoms with Crippen molar-refractivity contribution in [2.24, 2.45) is 0 Å². The maximum atomic E-state index is 8.20. The van der Waals surface area contributed by atoms with Crippen molar-refractivity contribution in [2.45, 2.75) is 6.42 Å². The van der Waals surface area contributed by atoms with Crippen molar-refractivity contribution in [1.29, 1.82) is 5.26 Å². The minimum absolute atomic E-state index is 0.429. The van der Waals surface area contributed by atoms with Crippen LogP contribution in [-0.4, -0.2) is 45.5 Å².